The normalized spacial score (nSPS) is 39.5. The van der Waals surface area contributed by atoms with Crippen LogP contribution in [0, 0.1) is 5.92 Å². The van der Waals surface area contributed by atoms with Gasteiger partial charge in [-0.2, -0.15) is 0 Å². The summed E-state index contributed by atoms with van der Waals surface area (Å²) >= 11 is 0. The Kier molecular flexibility index (Phi) is 4.87. The second-order valence-electron chi connectivity index (χ2n) is 6.30. The lowest BCUT2D eigenvalue weighted by Crippen LogP contribution is -2.49. The van der Waals surface area contributed by atoms with Crippen molar-refractivity contribution in [1.82, 2.24) is 10.2 Å². The van der Waals surface area contributed by atoms with Crippen molar-refractivity contribution >= 4 is 0 Å². The van der Waals surface area contributed by atoms with Gasteiger partial charge in [-0.25, -0.2) is 0 Å². The van der Waals surface area contributed by atoms with Crippen molar-refractivity contribution in [2.24, 2.45) is 5.92 Å². The van der Waals surface area contributed by atoms with E-state index in [9.17, 15) is 0 Å². The molecule has 0 amide bonds. The molecule has 2 fully saturated rings. The zero-order valence-electron chi connectivity index (χ0n) is 11.9. The third-order valence-electron chi connectivity index (χ3n) is 5.22. The van der Waals surface area contributed by atoms with Crippen molar-refractivity contribution in [3.8, 4) is 0 Å². The second-order valence-corrected chi connectivity index (χ2v) is 6.30. The Bertz CT molecular complexity index is 229. The first-order chi connectivity index (χ1) is 8.22. The summed E-state index contributed by atoms with van der Waals surface area (Å²) in [6.07, 6.45) is 11.3. The maximum atomic E-state index is 3.48. The molecule has 0 aliphatic heterocycles. The average Bonchev–Trinajstić information content (AvgIpc) is 2.38. The molecule has 0 spiro atoms. The average molecular weight is 238 g/mol. The van der Waals surface area contributed by atoms with E-state index >= 15 is 0 Å². The van der Waals surface area contributed by atoms with Gasteiger partial charge in [0.2, 0.25) is 0 Å². The first kappa shape index (κ1) is 13.4. The molecule has 0 radical (unpaired) electrons. The smallest absolute Gasteiger partial charge is 0.0121 e. The van der Waals surface area contributed by atoms with Crippen LogP contribution in [0.4, 0.5) is 0 Å². The minimum atomic E-state index is 0.759. The van der Waals surface area contributed by atoms with Gasteiger partial charge < -0.3 is 10.2 Å². The SMILES string of the molecule is CNC1CCCC(N(C)C2CCCCC2C)C1. The van der Waals surface area contributed by atoms with Crippen LogP contribution in [0.2, 0.25) is 0 Å². The van der Waals surface area contributed by atoms with Crippen LogP contribution in [0.25, 0.3) is 0 Å². The van der Waals surface area contributed by atoms with Crippen molar-refractivity contribution in [2.75, 3.05) is 14.1 Å². The van der Waals surface area contributed by atoms with Gasteiger partial charge in [-0.15, -0.1) is 0 Å². The third kappa shape index (κ3) is 3.23. The fourth-order valence-corrected chi connectivity index (χ4v) is 3.97. The van der Waals surface area contributed by atoms with Gasteiger partial charge >= 0.3 is 0 Å². The number of hydrogen-bond acceptors (Lipinski definition) is 2. The Morgan fingerprint density at radius 1 is 1.00 bits per heavy atom. The molecule has 17 heavy (non-hydrogen) atoms. The van der Waals surface area contributed by atoms with Gasteiger partial charge in [-0.3, -0.25) is 0 Å². The first-order valence-electron chi connectivity index (χ1n) is 7.61. The van der Waals surface area contributed by atoms with E-state index in [0.717, 1.165) is 24.0 Å². The predicted molar refractivity (Wildman–Crippen MR) is 74.3 cm³/mol. The lowest BCUT2D eigenvalue weighted by molar-refractivity contribution is 0.0704. The van der Waals surface area contributed by atoms with Gasteiger partial charge in [0.05, 0.1) is 0 Å². The monoisotopic (exact) mass is 238 g/mol. The molecule has 0 aromatic carbocycles. The van der Waals surface area contributed by atoms with Crippen molar-refractivity contribution in [1.29, 1.82) is 0 Å². The molecule has 0 aromatic heterocycles. The molecule has 0 bridgehead atoms. The van der Waals surface area contributed by atoms with E-state index < -0.39 is 0 Å². The summed E-state index contributed by atoms with van der Waals surface area (Å²) in [4.78, 5) is 2.73. The van der Waals surface area contributed by atoms with Crippen LogP contribution in [0.15, 0.2) is 0 Å². The van der Waals surface area contributed by atoms with Crippen LogP contribution in [0.3, 0.4) is 0 Å². The molecule has 2 heteroatoms. The fourth-order valence-electron chi connectivity index (χ4n) is 3.97. The van der Waals surface area contributed by atoms with Gasteiger partial charge in [-0.05, 0) is 52.1 Å². The van der Waals surface area contributed by atoms with E-state index in [1.807, 2.05) is 0 Å². The maximum Gasteiger partial charge on any atom is 0.0121 e. The topological polar surface area (TPSA) is 15.3 Å². The van der Waals surface area contributed by atoms with E-state index in [1.54, 1.807) is 0 Å². The molecule has 2 saturated carbocycles. The standard InChI is InChI=1S/C15H30N2/c1-12-7-4-5-10-15(12)17(3)14-9-6-8-13(11-14)16-2/h12-16H,4-11H2,1-3H3. The minimum absolute atomic E-state index is 0.759. The van der Waals surface area contributed by atoms with Crippen LogP contribution >= 0.6 is 0 Å². The second kappa shape index (κ2) is 6.19. The van der Waals surface area contributed by atoms with Crippen LogP contribution < -0.4 is 5.32 Å². The molecule has 1 N–H and O–H groups in total. The van der Waals surface area contributed by atoms with Gasteiger partial charge in [0.15, 0.2) is 0 Å². The number of nitrogens with zero attached hydrogens (tertiary/aromatic N) is 1. The maximum absolute atomic E-state index is 3.48. The molecule has 2 nitrogen and oxygen atoms in total. The third-order valence-corrected chi connectivity index (χ3v) is 5.22. The summed E-state index contributed by atoms with van der Waals surface area (Å²) in [5.74, 6) is 0.906. The molecular formula is C15H30N2. The van der Waals surface area contributed by atoms with Gasteiger partial charge in [-0.1, -0.05) is 26.2 Å². The highest BCUT2D eigenvalue weighted by Crippen LogP contribution is 2.32. The highest BCUT2D eigenvalue weighted by molar-refractivity contribution is 4.88. The van der Waals surface area contributed by atoms with Crippen molar-refractivity contribution in [3.63, 3.8) is 0 Å². The minimum Gasteiger partial charge on any atom is -0.317 e. The zero-order valence-corrected chi connectivity index (χ0v) is 11.9. The summed E-state index contributed by atoms with van der Waals surface area (Å²) in [6.45, 7) is 2.46. The van der Waals surface area contributed by atoms with Gasteiger partial charge in [0, 0.05) is 18.1 Å². The van der Waals surface area contributed by atoms with E-state index in [0.29, 0.717) is 0 Å². The van der Waals surface area contributed by atoms with Crippen molar-refractivity contribution in [3.05, 3.63) is 0 Å². The Labute approximate surface area is 107 Å². The molecule has 2 rings (SSSR count). The zero-order chi connectivity index (χ0) is 12.3. The molecular weight excluding hydrogens is 208 g/mol. The first-order valence-corrected chi connectivity index (χ1v) is 7.61. The molecule has 0 saturated heterocycles. The largest absolute Gasteiger partial charge is 0.317 e. The van der Waals surface area contributed by atoms with E-state index in [-0.39, 0.29) is 0 Å². The van der Waals surface area contributed by atoms with Crippen LogP contribution in [-0.4, -0.2) is 37.1 Å². The predicted octanol–water partition coefficient (Wildman–Crippen LogP) is 3.03. The summed E-state index contributed by atoms with van der Waals surface area (Å²) in [7, 11) is 4.51. The number of rotatable bonds is 3. The lowest BCUT2D eigenvalue weighted by Gasteiger charge is -2.43. The van der Waals surface area contributed by atoms with Crippen LogP contribution in [-0.2, 0) is 0 Å². The summed E-state index contributed by atoms with van der Waals surface area (Å²) in [6, 6.07) is 2.44. The molecule has 0 heterocycles. The van der Waals surface area contributed by atoms with E-state index in [4.69, 9.17) is 0 Å². The number of hydrogen-bond donors (Lipinski definition) is 1. The van der Waals surface area contributed by atoms with Crippen molar-refractivity contribution in [2.45, 2.75) is 76.4 Å². The van der Waals surface area contributed by atoms with E-state index in [1.165, 1.54) is 51.4 Å². The molecule has 4 atom stereocenters. The lowest BCUT2D eigenvalue weighted by atomic mass is 9.82. The molecule has 2 aliphatic carbocycles. The molecule has 4 unspecified atom stereocenters. The van der Waals surface area contributed by atoms with Crippen LogP contribution in [0.1, 0.15) is 58.3 Å². The van der Waals surface area contributed by atoms with Crippen molar-refractivity contribution < 1.29 is 0 Å². The molecule has 0 aromatic rings. The Morgan fingerprint density at radius 3 is 2.47 bits per heavy atom. The Balaban J connectivity index is 1.91. The highest BCUT2D eigenvalue weighted by Gasteiger charge is 2.31. The van der Waals surface area contributed by atoms with E-state index in [2.05, 4.69) is 31.2 Å². The summed E-state index contributed by atoms with van der Waals surface area (Å²) < 4.78 is 0. The quantitative estimate of drug-likeness (QED) is 0.813. The molecule has 100 valence electrons. The summed E-state index contributed by atoms with van der Waals surface area (Å²) in [5, 5.41) is 3.48. The molecule has 2 aliphatic rings. The number of nitrogens with one attached hydrogen (secondary N) is 1. The summed E-state index contributed by atoms with van der Waals surface area (Å²) in [5.41, 5.74) is 0. The van der Waals surface area contributed by atoms with Crippen LogP contribution in [0.5, 0.6) is 0 Å². The Morgan fingerprint density at radius 2 is 1.76 bits per heavy atom. The van der Waals surface area contributed by atoms with Gasteiger partial charge in [0.1, 0.15) is 0 Å². The highest BCUT2D eigenvalue weighted by atomic mass is 15.2. The van der Waals surface area contributed by atoms with Gasteiger partial charge in [0.25, 0.3) is 0 Å². The fraction of sp³-hybridized carbons (Fsp3) is 1.00. The Hall–Kier alpha value is -0.0800.